The number of benzene rings is 3. The van der Waals surface area contributed by atoms with E-state index in [-0.39, 0.29) is 23.7 Å². The summed E-state index contributed by atoms with van der Waals surface area (Å²) < 4.78 is 5.78. The minimum atomic E-state index is -0.466. The van der Waals surface area contributed by atoms with Gasteiger partial charge in [0.25, 0.3) is 16.8 Å². The number of hydrogen-bond donors (Lipinski definition) is 0. The average molecular weight is 541 g/mol. The summed E-state index contributed by atoms with van der Waals surface area (Å²) in [5, 5.41) is 11.9. The molecule has 4 rings (SSSR count). The van der Waals surface area contributed by atoms with Crippen LogP contribution in [-0.4, -0.2) is 34.1 Å². The standard InChI is InChI=1S/C26H21ClN2O5S2/c1-16-3-4-17(2)22(13-16)34-12-11-28-25(30)24(36-26(28)31)15-18-5-10-23(21(14-18)29(32)33)35-20-8-6-19(27)7-9-20/h3-10,13-15H,11-12H2,1-2H3/b24-15-. The second-order valence-corrected chi connectivity index (χ2v) is 10.5. The maximum atomic E-state index is 12.8. The van der Waals surface area contributed by atoms with E-state index in [0.717, 1.165) is 32.7 Å². The molecular weight excluding hydrogens is 520 g/mol. The summed E-state index contributed by atoms with van der Waals surface area (Å²) in [5.74, 6) is 0.262. The molecule has 3 aromatic rings. The van der Waals surface area contributed by atoms with Crippen molar-refractivity contribution in [2.24, 2.45) is 0 Å². The molecule has 0 unspecified atom stereocenters. The lowest BCUT2D eigenvalue weighted by Gasteiger charge is -2.14. The van der Waals surface area contributed by atoms with Gasteiger partial charge in [-0.25, -0.2) is 0 Å². The number of carbonyl (C=O) groups excluding carboxylic acids is 2. The number of halogens is 1. The van der Waals surface area contributed by atoms with Crippen LogP contribution < -0.4 is 4.74 Å². The van der Waals surface area contributed by atoms with Gasteiger partial charge in [0.2, 0.25) is 0 Å². The number of nitro groups is 1. The summed E-state index contributed by atoms with van der Waals surface area (Å²) >= 11 is 7.96. The predicted octanol–water partition coefficient (Wildman–Crippen LogP) is 7.13. The van der Waals surface area contributed by atoms with Crippen LogP contribution in [0.3, 0.4) is 0 Å². The fraction of sp³-hybridized carbons (Fsp3) is 0.154. The number of nitro benzene ring substituents is 1. The third-order valence-electron chi connectivity index (χ3n) is 5.31. The van der Waals surface area contributed by atoms with Crippen LogP contribution in [0, 0.1) is 24.0 Å². The molecule has 1 fully saturated rings. The second-order valence-electron chi connectivity index (χ2n) is 7.99. The Hall–Kier alpha value is -3.27. The van der Waals surface area contributed by atoms with Gasteiger partial charge in [0.1, 0.15) is 12.4 Å². The van der Waals surface area contributed by atoms with Crippen molar-refractivity contribution in [1.29, 1.82) is 0 Å². The second kappa shape index (κ2) is 11.2. The molecule has 1 aliphatic heterocycles. The number of rotatable bonds is 8. The number of amides is 2. The highest BCUT2D eigenvalue weighted by Gasteiger charge is 2.35. The molecule has 0 spiro atoms. The van der Waals surface area contributed by atoms with Crippen LogP contribution in [0.5, 0.6) is 5.75 Å². The van der Waals surface area contributed by atoms with E-state index < -0.39 is 16.1 Å². The van der Waals surface area contributed by atoms with Gasteiger partial charge in [-0.3, -0.25) is 24.6 Å². The summed E-state index contributed by atoms with van der Waals surface area (Å²) in [6.45, 7) is 4.15. The normalized spacial score (nSPS) is 14.5. The molecule has 0 N–H and O–H groups in total. The predicted molar refractivity (Wildman–Crippen MR) is 143 cm³/mol. The fourth-order valence-corrected chi connectivity index (χ4v) is 5.33. The number of imide groups is 1. The van der Waals surface area contributed by atoms with E-state index in [1.54, 1.807) is 36.4 Å². The lowest BCUT2D eigenvalue weighted by molar-refractivity contribution is -0.387. The molecule has 10 heteroatoms. The van der Waals surface area contributed by atoms with E-state index in [0.29, 0.717) is 21.2 Å². The van der Waals surface area contributed by atoms with Gasteiger partial charge in [0.15, 0.2) is 0 Å². The van der Waals surface area contributed by atoms with Gasteiger partial charge in [-0.05, 0) is 84.8 Å². The van der Waals surface area contributed by atoms with Crippen LogP contribution in [0.25, 0.3) is 6.08 Å². The van der Waals surface area contributed by atoms with Crippen molar-refractivity contribution in [3.63, 3.8) is 0 Å². The van der Waals surface area contributed by atoms with E-state index in [9.17, 15) is 19.7 Å². The van der Waals surface area contributed by atoms with Crippen LogP contribution in [0.4, 0.5) is 10.5 Å². The first-order valence-electron chi connectivity index (χ1n) is 10.9. The molecule has 0 atom stereocenters. The molecule has 3 aromatic carbocycles. The van der Waals surface area contributed by atoms with Crippen LogP contribution >= 0.6 is 35.1 Å². The SMILES string of the molecule is Cc1ccc(C)c(OCCN2C(=O)S/C(=C\c3ccc(Sc4ccc(Cl)cc4)c([N+](=O)[O-])c3)C2=O)c1. The third kappa shape index (κ3) is 6.10. The number of hydrogen-bond acceptors (Lipinski definition) is 7. The first kappa shape index (κ1) is 25.8. The van der Waals surface area contributed by atoms with E-state index in [1.165, 1.54) is 23.9 Å². The molecule has 0 aliphatic carbocycles. The number of ether oxygens (including phenoxy) is 1. The minimum absolute atomic E-state index is 0.0927. The molecule has 184 valence electrons. The van der Waals surface area contributed by atoms with Gasteiger partial charge in [-0.2, -0.15) is 0 Å². The first-order valence-corrected chi connectivity index (χ1v) is 12.9. The van der Waals surface area contributed by atoms with Crippen molar-refractivity contribution in [2.75, 3.05) is 13.2 Å². The molecule has 0 aromatic heterocycles. The Morgan fingerprint density at radius 1 is 1.08 bits per heavy atom. The maximum absolute atomic E-state index is 12.8. The topological polar surface area (TPSA) is 89.8 Å². The minimum Gasteiger partial charge on any atom is -0.491 e. The molecule has 0 bridgehead atoms. The highest BCUT2D eigenvalue weighted by Crippen LogP contribution is 2.37. The lowest BCUT2D eigenvalue weighted by Crippen LogP contribution is -2.32. The zero-order chi connectivity index (χ0) is 25.8. The van der Waals surface area contributed by atoms with Gasteiger partial charge in [0, 0.05) is 16.0 Å². The van der Waals surface area contributed by atoms with E-state index in [1.807, 2.05) is 32.0 Å². The Bertz CT molecular complexity index is 1380. The quantitative estimate of drug-likeness (QED) is 0.170. The summed E-state index contributed by atoms with van der Waals surface area (Å²) in [6.07, 6.45) is 1.50. The molecule has 0 radical (unpaired) electrons. The fourth-order valence-electron chi connectivity index (χ4n) is 3.44. The van der Waals surface area contributed by atoms with Crippen molar-refractivity contribution in [2.45, 2.75) is 23.6 Å². The molecule has 1 saturated heterocycles. The summed E-state index contributed by atoms with van der Waals surface area (Å²) in [5.41, 5.74) is 2.38. The van der Waals surface area contributed by atoms with Crippen molar-refractivity contribution in [3.05, 3.63) is 97.4 Å². The van der Waals surface area contributed by atoms with Gasteiger partial charge >= 0.3 is 0 Å². The maximum Gasteiger partial charge on any atom is 0.293 e. The Balaban J connectivity index is 1.47. The summed E-state index contributed by atoms with van der Waals surface area (Å²) in [4.78, 5) is 39.1. The van der Waals surface area contributed by atoms with Crippen molar-refractivity contribution >= 4 is 58.0 Å². The zero-order valence-corrected chi connectivity index (χ0v) is 21.8. The molecule has 0 saturated carbocycles. The third-order valence-corrected chi connectivity index (χ3v) is 7.54. The van der Waals surface area contributed by atoms with Gasteiger partial charge in [-0.1, -0.05) is 41.6 Å². The van der Waals surface area contributed by atoms with Crippen molar-refractivity contribution in [1.82, 2.24) is 4.90 Å². The van der Waals surface area contributed by atoms with Crippen LogP contribution in [0.2, 0.25) is 5.02 Å². The summed E-state index contributed by atoms with van der Waals surface area (Å²) in [7, 11) is 0. The van der Waals surface area contributed by atoms with Crippen LogP contribution in [0.1, 0.15) is 16.7 Å². The van der Waals surface area contributed by atoms with Gasteiger partial charge in [0.05, 0.1) is 21.3 Å². The van der Waals surface area contributed by atoms with E-state index in [4.69, 9.17) is 16.3 Å². The monoisotopic (exact) mass is 540 g/mol. The Morgan fingerprint density at radius 3 is 2.56 bits per heavy atom. The van der Waals surface area contributed by atoms with Crippen molar-refractivity contribution in [3.8, 4) is 5.75 Å². The van der Waals surface area contributed by atoms with Gasteiger partial charge < -0.3 is 4.74 Å². The Morgan fingerprint density at radius 2 is 1.83 bits per heavy atom. The van der Waals surface area contributed by atoms with Crippen molar-refractivity contribution < 1.29 is 19.2 Å². The highest BCUT2D eigenvalue weighted by molar-refractivity contribution is 8.18. The first-order chi connectivity index (χ1) is 17.2. The number of aryl methyl sites for hydroxylation is 2. The van der Waals surface area contributed by atoms with E-state index in [2.05, 4.69) is 0 Å². The number of thioether (sulfide) groups is 1. The molecule has 36 heavy (non-hydrogen) atoms. The molecule has 7 nitrogen and oxygen atoms in total. The van der Waals surface area contributed by atoms with E-state index >= 15 is 0 Å². The highest BCUT2D eigenvalue weighted by atomic mass is 35.5. The molecule has 1 heterocycles. The zero-order valence-electron chi connectivity index (χ0n) is 19.4. The number of nitrogens with zero attached hydrogens (tertiary/aromatic N) is 2. The van der Waals surface area contributed by atoms with Crippen LogP contribution in [-0.2, 0) is 4.79 Å². The van der Waals surface area contributed by atoms with Crippen LogP contribution in [0.15, 0.2) is 75.4 Å². The Labute approximate surface area is 221 Å². The summed E-state index contributed by atoms with van der Waals surface area (Å²) in [6, 6.07) is 17.5. The molecular formula is C26H21ClN2O5S2. The average Bonchev–Trinajstić information content (AvgIpc) is 3.10. The number of carbonyl (C=O) groups is 2. The largest absolute Gasteiger partial charge is 0.491 e. The van der Waals surface area contributed by atoms with Gasteiger partial charge in [-0.15, -0.1) is 0 Å². The molecule has 2 amide bonds. The lowest BCUT2D eigenvalue weighted by atomic mass is 10.1. The Kier molecular flexibility index (Phi) is 8.03. The smallest absolute Gasteiger partial charge is 0.293 e. The molecule has 1 aliphatic rings.